The highest BCUT2D eigenvalue weighted by Gasteiger charge is 2.35. The number of halogens is 5. The van der Waals surface area contributed by atoms with Gasteiger partial charge in [-0.05, 0) is 61.4 Å². The summed E-state index contributed by atoms with van der Waals surface area (Å²) in [5.41, 5.74) is -0.191. The zero-order chi connectivity index (χ0) is 30.5. The number of nitrogens with one attached hydrogen (secondary N) is 1. The third kappa shape index (κ3) is 7.72. The molecule has 1 N–H and O–H groups in total. The van der Waals surface area contributed by atoms with Gasteiger partial charge >= 0.3 is 6.18 Å². The number of rotatable bonds is 10. The lowest BCUT2D eigenvalue weighted by atomic mass is 10.1. The zero-order valence-electron chi connectivity index (χ0n) is 22.4. The van der Waals surface area contributed by atoms with E-state index in [-0.39, 0.29) is 33.6 Å². The van der Waals surface area contributed by atoms with E-state index < -0.39 is 46.2 Å². The maximum absolute atomic E-state index is 13.9. The third-order valence-corrected chi connectivity index (χ3v) is 8.85. The van der Waals surface area contributed by atoms with Crippen LogP contribution in [0, 0.1) is 6.92 Å². The van der Waals surface area contributed by atoms with Crippen molar-refractivity contribution in [1.82, 2.24) is 10.2 Å². The Labute approximate surface area is 246 Å². The molecule has 1 atom stereocenters. The number of anilines is 1. The van der Waals surface area contributed by atoms with Crippen molar-refractivity contribution in [3.8, 4) is 0 Å². The first kappa shape index (κ1) is 32.2. The van der Waals surface area contributed by atoms with E-state index >= 15 is 0 Å². The first-order chi connectivity index (χ1) is 19.2. The lowest BCUT2D eigenvalue weighted by Crippen LogP contribution is -2.51. The summed E-state index contributed by atoms with van der Waals surface area (Å²) in [5, 5.41) is 2.97. The van der Waals surface area contributed by atoms with Crippen molar-refractivity contribution in [3.05, 3.63) is 93.5 Å². The fraction of sp³-hybridized carbons (Fsp3) is 0.286. The quantitative estimate of drug-likeness (QED) is 0.295. The van der Waals surface area contributed by atoms with Crippen LogP contribution in [0.1, 0.15) is 30.0 Å². The summed E-state index contributed by atoms with van der Waals surface area (Å²) in [7, 11) is -3.13. The Morgan fingerprint density at radius 2 is 1.63 bits per heavy atom. The summed E-state index contributed by atoms with van der Waals surface area (Å²) in [6.07, 6.45) is -4.59. The fourth-order valence-electron chi connectivity index (χ4n) is 4.12. The van der Waals surface area contributed by atoms with E-state index in [1.807, 2.05) is 0 Å². The van der Waals surface area contributed by atoms with E-state index in [0.717, 1.165) is 17.7 Å². The van der Waals surface area contributed by atoms with Gasteiger partial charge in [0.15, 0.2) is 0 Å². The van der Waals surface area contributed by atoms with Crippen LogP contribution in [-0.4, -0.2) is 44.8 Å². The molecule has 3 aromatic rings. The molecule has 3 rings (SSSR count). The van der Waals surface area contributed by atoms with Gasteiger partial charge in [0.25, 0.3) is 10.0 Å². The minimum Gasteiger partial charge on any atom is -0.357 e. The number of nitrogens with zero attached hydrogens (tertiary/aromatic N) is 2. The highest BCUT2D eigenvalue weighted by molar-refractivity contribution is 7.92. The van der Waals surface area contributed by atoms with Gasteiger partial charge in [-0.1, -0.05) is 60.0 Å². The molecule has 0 aliphatic carbocycles. The highest BCUT2D eigenvalue weighted by atomic mass is 35.5. The van der Waals surface area contributed by atoms with Crippen molar-refractivity contribution >= 4 is 50.7 Å². The zero-order valence-corrected chi connectivity index (χ0v) is 24.7. The topological polar surface area (TPSA) is 86.8 Å². The highest BCUT2D eigenvalue weighted by Crippen LogP contribution is 2.33. The number of carbonyl (C=O) groups excluding carboxylic acids is 2. The fourth-order valence-corrected chi connectivity index (χ4v) is 5.85. The Bertz CT molecular complexity index is 1520. The standard InChI is InChI=1S/C28H28Cl2F3N3O4S/c1-4-25(27(38)34-3)35(16-19-10-13-23(29)24(30)14-19)26(37)17-36(21-7-5-6-20(15-21)28(31,32)33)41(39,40)22-11-8-18(2)9-12-22/h5-15,25H,4,16-17H2,1-3H3,(H,34,38). The number of alkyl halides is 3. The van der Waals surface area contributed by atoms with Crippen LogP contribution in [0.3, 0.4) is 0 Å². The molecule has 0 bridgehead atoms. The monoisotopic (exact) mass is 629 g/mol. The van der Waals surface area contributed by atoms with Crippen LogP contribution in [0.15, 0.2) is 71.6 Å². The van der Waals surface area contributed by atoms with Crippen molar-refractivity contribution in [2.75, 3.05) is 17.9 Å². The summed E-state index contributed by atoms with van der Waals surface area (Å²) in [6.45, 7) is 2.38. The van der Waals surface area contributed by atoms with Crippen LogP contribution in [0.5, 0.6) is 0 Å². The molecule has 0 saturated carbocycles. The molecule has 220 valence electrons. The van der Waals surface area contributed by atoms with E-state index in [2.05, 4.69) is 5.32 Å². The number of likely N-dealkylation sites (N-methyl/N-ethyl adjacent to an activating group) is 1. The number of sulfonamides is 1. The van der Waals surface area contributed by atoms with E-state index in [9.17, 15) is 31.2 Å². The number of benzene rings is 3. The molecule has 0 saturated heterocycles. The predicted molar refractivity (Wildman–Crippen MR) is 152 cm³/mol. The van der Waals surface area contributed by atoms with Crippen LogP contribution < -0.4 is 9.62 Å². The molecule has 7 nitrogen and oxygen atoms in total. The lowest BCUT2D eigenvalue weighted by Gasteiger charge is -2.33. The van der Waals surface area contributed by atoms with Gasteiger partial charge < -0.3 is 10.2 Å². The molecular weight excluding hydrogens is 602 g/mol. The maximum atomic E-state index is 13.9. The van der Waals surface area contributed by atoms with Crippen molar-refractivity contribution < 1.29 is 31.2 Å². The second kappa shape index (κ2) is 13.1. The van der Waals surface area contributed by atoms with Crippen molar-refractivity contribution in [1.29, 1.82) is 0 Å². The molecule has 0 aliphatic rings. The Morgan fingerprint density at radius 3 is 2.20 bits per heavy atom. The van der Waals surface area contributed by atoms with Crippen LogP contribution in [0.2, 0.25) is 10.0 Å². The molecule has 0 aromatic heterocycles. The number of amides is 2. The molecule has 0 aliphatic heterocycles. The van der Waals surface area contributed by atoms with Gasteiger partial charge in [0, 0.05) is 13.6 Å². The largest absolute Gasteiger partial charge is 0.416 e. The van der Waals surface area contributed by atoms with Crippen molar-refractivity contribution in [3.63, 3.8) is 0 Å². The van der Waals surface area contributed by atoms with Crippen LogP contribution >= 0.6 is 23.2 Å². The van der Waals surface area contributed by atoms with Crippen molar-refractivity contribution in [2.45, 2.75) is 43.9 Å². The molecule has 0 spiro atoms. The van der Waals surface area contributed by atoms with Crippen LogP contribution in [0.25, 0.3) is 0 Å². The van der Waals surface area contributed by atoms with Gasteiger partial charge in [-0.15, -0.1) is 0 Å². The van der Waals surface area contributed by atoms with Gasteiger partial charge in [-0.3, -0.25) is 13.9 Å². The first-order valence-corrected chi connectivity index (χ1v) is 14.6. The third-order valence-electron chi connectivity index (χ3n) is 6.32. The van der Waals surface area contributed by atoms with E-state index in [0.29, 0.717) is 15.9 Å². The second-order valence-electron chi connectivity index (χ2n) is 9.18. The molecular formula is C28H28Cl2F3N3O4S. The van der Waals surface area contributed by atoms with E-state index in [4.69, 9.17) is 23.2 Å². The van der Waals surface area contributed by atoms with E-state index in [1.165, 1.54) is 54.4 Å². The number of aryl methyl sites for hydroxylation is 1. The SMILES string of the molecule is CCC(C(=O)NC)N(Cc1ccc(Cl)c(Cl)c1)C(=O)CN(c1cccc(C(F)(F)F)c1)S(=O)(=O)c1ccc(C)cc1. The molecule has 0 fully saturated rings. The Balaban J connectivity index is 2.13. The Morgan fingerprint density at radius 1 is 0.976 bits per heavy atom. The maximum Gasteiger partial charge on any atom is 0.416 e. The van der Waals surface area contributed by atoms with Crippen LogP contribution in [-0.2, 0) is 32.3 Å². The molecule has 0 radical (unpaired) electrons. The summed E-state index contributed by atoms with van der Waals surface area (Å²) in [4.78, 5) is 27.6. The minimum atomic E-state index is -4.76. The normalized spacial score (nSPS) is 12.5. The van der Waals surface area contributed by atoms with Gasteiger partial charge in [0.1, 0.15) is 12.6 Å². The molecule has 1 unspecified atom stereocenters. The van der Waals surface area contributed by atoms with E-state index in [1.54, 1.807) is 19.9 Å². The Hall–Kier alpha value is -3.28. The molecule has 41 heavy (non-hydrogen) atoms. The molecule has 13 heteroatoms. The molecule has 3 aromatic carbocycles. The molecule has 2 amide bonds. The summed E-state index contributed by atoms with van der Waals surface area (Å²) >= 11 is 12.2. The Kier molecular flexibility index (Phi) is 10.3. The smallest absolute Gasteiger partial charge is 0.357 e. The van der Waals surface area contributed by atoms with Crippen LogP contribution in [0.4, 0.5) is 18.9 Å². The molecule has 0 heterocycles. The number of carbonyl (C=O) groups is 2. The second-order valence-corrected chi connectivity index (χ2v) is 11.9. The van der Waals surface area contributed by atoms with Gasteiger partial charge in [0.05, 0.1) is 26.2 Å². The predicted octanol–water partition coefficient (Wildman–Crippen LogP) is 6.07. The number of hydrogen-bond acceptors (Lipinski definition) is 4. The summed E-state index contributed by atoms with van der Waals surface area (Å²) < 4.78 is 68.9. The van der Waals surface area contributed by atoms with Gasteiger partial charge in [-0.2, -0.15) is 13.2 Å². The average Bonchev–Trinajstić information content (AvgIpc) is 2.93. The van der Waals surface area contributed by atoms with Crippen molar-refractivity contribution in [2.24, 2.45) is 0 Å². The minimum absolute atomic E-state index is 0.150. The first-order valence-electron chi connectivity index (χ1n) is 12.4. The average molecular weight is 631 g/mol. The van der Waals surface area contributed by atoms with Gasteiger partial charge in [0.2, 0.25) is 11.8 Å². The lowest BCUT2D eigenvalue weighted by molar-refractivity contribution is -0.140. The summed E-state index contributed by atoms with van der Waals surface area (Å²) in [5.74, 6) is -1.33. The van der Waals surface area contributed by atoms with Gasteiger partial charge in [-0.25, -0.2) is 8.42 Å². The number of hydrogen-bond donors (Lipinski definition) is 1. The summed E-state index contributed by atoms with van der Waals surface area (Å²) in [6, 6.07) is 13.0.